The van der Waals surface area contributed by atoms with Gasteiger partial charge in [0.1, 0.15) is 12.0 Å². The number of pyridine rings is 1. The Morgan fingerprint density at radius 1 is 0.893 bits per heavy atom. The van der Waals surface area contributed by atoms with E-state index in [9.17, 15) is 9.18 Å². The van der Waals surface area contributed by atoms with Crippen LogP contribution in [0.2, 0.25) is 0 Å². The number of nitrogens with one attached hydrogen (secondary N) is 1. The molecular formula is C23H16FN3O. The van der Waals surface area contributed by atoms with Gasteiger partial charge in [-0.3, -0.25) is 14.7 Å². The highest BCUT2D eigenvalue weighted by Crippen LogP contribution is 2.38. The van der Waals surface area contributed by atoms with E-state index in [1.54, 1.807) is 29.3 Å². The lowest BCUT2D eigenvalue weighted by atomic mass is 10.0. The van der Waals surface area contributed by atoms with Crippen LogP contribution in [0.4, 0.5) is 15.8 Å². The number of halogens is 1. The molecule has 1 atom stereocenters. The number of amides is 1. The van der Waals surface area contributed by atoms with E-state index in [0.29, 0.717) is 11.3 Å². The molecule has 0 saturated heterocycles. The molecule has 1 aromatic heterocycles. The average Bonchev–Trinajstić information content (AvgIpc) is 2.74. The van der Waals surface area contributed by atoms with Crippen LogP contribution in [-0.2, 0) is 0 Å². The van der Waals surface area contributed by atoms with Crippen LogP contribution in [0.25, 0.3) is 10.9 Å². The summed E-state index contributed by atoms with van der Waals surface area (Å²) in [4.78, 5) is 19.6. The van der Waals surface area contributed by atoms with Gasteiger partial charge in [-0.05, 0) is 42.5 Å². The van der Waals surface area contributed by atoms with Crippen molar-refractivity contribution < 1.29 is 9.18 Å². The summed E-state index contributed by atoms with van der Waals surface area (Å²) in [5.74, 6) is -0.483. The molecule has 0 unspecified atom stereocenters. The van der Waals surface area contributed by atoms with Crippen molar-refractivity contribution in [1.82, 2.24) is 4.98 Å². The van der Waals surface area contributed by atoms with Gasteiger partial charge in [0, 0.05) is 28.5 Å². The zero-order valence-electron chi connectivity index (χ0n) is 14.8. The monoisotopic (exact) mass is 369 g/mol. The number of aromatic nitrogens is 1. The number of carbonyl (C=O) groups is 1. The highest BCUT2D eigenvalue weighted by atomic mass is 19.1. The highest BCUT2D eigenvalue weighted by molar-refractivity contribution is 6.12. The molecule has 0 aliphatic carbocycles. The molecule has 1 aliphatic heterocycles. The summed E-state index contributed by atoms with van der Waals surface area (Å²) < 4.78 is 13.5. The predicted molar refractivity (Wildman–Crippen MR) is 108 cm³/mol. The fourth-order valence-corrected chi connectivity index (χ4v) is 3.69. The van der Waals surface area contributed by atoms with Crippen LogP contribution in [0.3, 0.4) is 0 Å². The van der Waals surface area contributed by atoms with E-state index in [-0.39, 0.29) is 11.7 Å². The fraction of sp³-hybridized carbons (Fsp3) is 0.0435. The van der Waals surface area contributed by atoms with E-state index in [1.165, 1.54) is 12.1 Å². The number of benzene rings is 3. The smallest absolute Gasteiger partial charge is 0.262 e. The molecule has 0 bridgehead atoms. The molecule has 5 heteroatoms. The molecule has 28 heavy (non-hydrogen) atoms. The van der Waals surface area contributed by atoms with Crippen molar-refractivity contribution >= 4 is 28.2 Å². The minimum atomic E-state index is -0.466. The lowest BCUT2D eigenvalue weighted by molar-refractivity contribution is 0.0975. The van der Waals surface area contributed by atoms with Crippen LogP contribution < -0.4 is 10.2 Å². The summed E-state index contributed by atoms with van der Waals surface area (Å²) >= 11 is 0. The molecule has 4 nitrogen and oxygen atoms in total. The zero-order chi connectivity index (χ0) is 19.1. The Labute approximate surface area is 161 Å². The van der Waals surface area contributed by atoms with Crippen molar-refractivity contribution in [2.24, 2.45) is 0 Å². The second kappa shape index (κ2) is 6.46. The third-order valence-electron chi connectivity index (χ3n) is 4.99. The maximum Gasteiger partial charge on any atom is 0.262 e. The maximum atomic E-state index is 13.5. The van der Waals surface area contributed by atoms with Crippen molar-refractivity contribution in [2.75, 3.05) is 10.2 Å². The summed E-state index contributed by atoms with van der Waals surface area (Å²) in [7, 11) is 0. The summed E-state index contributed by atoms with van der Waals surface area (Å²) in [6.45, 7) is 0. The lowest BCUT2D eigenvalue weighted by Crippen LogP contribution is -2.43. The Bertz CT molecular complexity index is 1180. The largest absolute Gasteiger partial charge is 0.360 e. The van der Waals surface area contributed by atoms with Crippen LogP contribution in [0.1, 0.15) is 22.1 Å². The fourth-order valence-electron chi connectivity index (χ4n) is 3.69. The Hall–Kier alpha value is -3.73. The maximum absolute atomic E-state index is 13.5. The Kier molecular flexibility index (Phi) is 3.79. The number of carbonyl (C=O) groups excluding carboxylic acids is 1. The molecule has 0 saturated carbocycles. The Morgan fingerprint density at radius 2 is 1.68 bits per heavy atom. The van der Waals surface area contributed by atoms with Crippen LogP contribution in [0, 0.1) is 5.82 Å². The van der Waals surface area contributed by atoms with Gasteiger partial charge in [0.15, 0.2) is 0 Å². The normalized spacial score (nSPS) is 16.0. The van der Waals surface area contributed by atoms with Crippen molar-refractivity contribution in [1.29, 1.82) is 0 Å². The first-order chi connectivity index (χ1) is 13.7. The second-order valence-corrected chi connectivity index (χ2v) is 6.67. The first-order valence-corrected chi connectivity index (χ1v) is 9.01. The standard InChI is InChI=1S/C23H16FN3O/c24-16-10-12-17(13-11-16)27-22(26-20-9-2-1-7-18(20)23(27)28)19-8-3-5-15-6-4-14-25-21(15)19/h1-14,22,26H/t22-/m0/s1. The summed E-state index contributed by atoms with van der Waals surface area (Å²) in [6, 6.07) is 23.2. The van der Waals surface area contributed by atoms with Gasteiger partial charge in [0.2, 0.25) is 0 Å². The van der Waals surface area contributed by atoms with E-state index < -0.39 is 6.17 Å². The molecule has 1 amide bonds. The topological polar surface area (TPSA) is 45.2 Å². The zero-order valence-corrected chi connectivity index (χ0v) is 14.8. The van der Waals surface area contributed by atoms with Crippen LogP contribution in [0.5, 0.6) is 0 Å². The quantitative estimate of drug-likeness (QED) is 0.532. The number of anilines is 2. The second-order valence-electron chi connectivity index (χ2n) is 6.67. The number of rotatable bonds is 2. The summed E-state index contributed by atoms with van der Waals surface area (Å²) in [5, 5.41) is 4.46. The Balaban J connectivity index is 1.73. The van der Waals surface area contributed by atoms with Crippen molar-refractivity contribution in [3.05, 3.63) is 102 Å². The van der Waals surface area contributed by atoms with Crippen LogP contribution in [-0.4, -0.2) is 10.9 Å². The molecular weight excluding hydrogens is 353 g/mol. The lowest BCUT2D eigenvalue weighted by Gasteiger charge is -2.38. The van der Waals surface area contributed by atoms with Gasteiger partial charge in [-0.25, -0.2) is 4.39 Å². The molecule has 2 heterocycles. The number of para-hydroxylation sites is 2. The molecule has 1 N–H and O–H groups in total. The van der Waals surface area contributed by atoms with E-state index >= 15 is 0 Å². The minimum absolute atomic E-state index is 0.140. The first-order valence-electron chi connectivity index (χ1n) is 9.01. The van der Waals surface area contributed by atoms with Gasteiger partial charge in [0.05, 0.1) is 11.1 Å². The van der Waals surface area contributed by atoms with E-state index in [1.807, 2.05) is 48.5 Å². The van der Waals surface area contributed by atoms with Crippen LogP contribution >= 0.6 is 0 Å². The first kappa shape index (κ1) is 16.4. The SMILES string of the molecule is O=C1c2ccccc2N[C@H](c2cccc3cccnc23)N1c1ccc(F)cc1. The Morgan fingerprint density at radius 3 is 2.54 bits per heavy atom. The predicted octanol–water partition coefficient (Wildman–Crippen LogP) is 5.15. The minimum Gasteiger partial charge on any atom is -0.360 e. The molecule has 136 valence electrons. The van der Waals surface area contributed by atoms with Gasteiger partial charge >= 0.3 is 0 Å². The summed E-state index contributed by atoms with van der Waals surface area (Å²) in [6.07, 6.45) is 1.28. The van der Waals surface area contributed by atoms with Gasteiger partial charge in [-0.1, -0.05) is 36.4 Å². The third-order valence-corrected chi connectivity index (χ3v) is 4.99. The van der Waals surface area contributed by atoms with Gasteiger partial charge in [0.25, 0.3) is 5.91 Å². The molecule has 5 rings (SSSR count). The molecule has 3 aromatic carbocycles. The summed E-state index contributed by atoms with van der Waals surface area (Å²) in [5.41, 5.74) is 3.67. The number of hydrogen-bond donors (Lipinski definition) is 1. The van der Waals surface area contributed by atoms with Gasteiger partial charge in [-0.15, -0.1) is 0 Å². The molecule has 1 aliphatic rings. The van der Waals surface area contributed by atoms with Crippen molar-refractivity contribution in [2.45, 2.75) is 6.17 Å². The van der Waals surface area contributed by atoms with Crippen molar-refractivity contribution in [3.63, 3.8) is 0 Å². The molecule has 0 spiro atoms. The molecule has 0 fully saturated rings. The van der Waals surface area contributed by atoms with Crippen LogP contribution in [0.15, 0.2) is 85.1 Å². The van der Waals surface area contributed by atoms with Crippen molar-refractivity contribution in [3.8, 4) is 0 Å². The van der Waals surface area contributed by atoms with E-state index in [2.05, 4.69) is 10.3 Å². The van der Waals surface area contributed by atoms with Gasteiger partial charge < -0.3 is 5.32 Å². The average molecular weight is 369 g/mol. The number of fused-ring (bicyclic) bond motifs is 2. The number of nitrogens with zero attached hydrogens (tertiary/aromatic N) is 2. The van der Waals surface area contributed by atoms with E-state index in [4.69, 9.17) is 0 Å². The number of hydrogen-bond acceptors (Lipinski definition) is 3. The van der Waals surface area contributed by atoms with Gasteiger partial charge in [-0.2, -0.15) is 0 Å². The third kappa shape index (κ3) is 2.60. The van der Waals surface area contributed by atoms with E-state index in [0.717, 1.165) is 22.2 Å². The molecule has 4 aromatic rings. The molecule has 0 radical (unpaired) electrons. The highest BCUT2D eigenvalue weighted by Gasteiger charge is 2.35.